The van der Waals surface area contributed by atoms with Crippen LogP contribution in [0.25, 0.3) is 10.2 Å². The van der Waals surface area contributed by atoms with E-state index in [0.717, 1.165) is 32.9 Å². The quantitative estimate of drug-likeness (QED) is 0.502. The third-order valence-electron chi connectivity index (χ3n) is 4.80. The lowest BCUT2D eigenvalue weighted by Gasteiger charge is -2.23. The maximum atomic E-state index is 13.2. The summed E-state index contributed by atoms with van der Waals surface area (Å²) in [4.78, 5) is 29.6. The minimum absolute atomic E-state index is 0.192. The summed E-state index contributed by atoms with van der Waals surface area (Å²) >= 11 is 1.48. The zero-order valence-electron chi connectivity index (χ0n) is 16.2. The molecule has 0 bridgehead atoms. The van der Waals surface area contributed by atoms with Crippen LogP contribution in [0.5, 0.6) is 0 Å². The first-order valence-electron chi connectivity index (χ1n) is 9.39. The van der Waals surface area contributed by atoms with Crippen molar-refractivity contribution in [2.45, 2.75) is 26.8 Å². The maximum Gasteiger partial charge on any atom is 0.279 e. The molecule has 2 aromatic heterocycles. The number of benzene rings is 2. The second kappa shape index (κ2) is 7.97. The van der Waals surface area contributed by atoms with Gasteiger partial charge in [0.25, 0.3) is 11.5 Å². The van der Waals surface area contributed by atoms with E-state index in [4.69, 9.17) is 0 Å². The third kappa shape index (κ3) is 3.56. The molecule has 2 heterocycles. The largest absolute Gasteiger partial charge is 0.279 e. The number of para-hydroxylation sites is 2. The second-order valence-corrected chi connectivity index (χ2v) is 7.72. The van der Waals surface area contributed by atoms with Gasteiger partial charge in [0.2, 0.25) is 0 Å². The number of aryl methyl sites for hydroxylation is 2. The van der Waals surface area contributed by atoms with Gasteiger partial charge in [0.05, 0.1) is 5.39 Å². The number of hydrogen-bond donors (Lipinski definition) is 0. The smallest absolute Gasteiger partial charge is 0.279 e. The van der Waals surface area contributed by atoms with Crippen molar-refractivity contribution >= 4 is 38.8 Å². The van der Waals surface area contributed by atoms with Gasteiger partial charge < -0.3 is 0 Å². The number of carbonyl (C=O) groups excluding carboxylic acids is 1. The van der Waals surface area contributed by atoms with E-state index in [9.17, 15) is 9.59 Å². The molecule has 0 spiro atoms. The summed E-state index contributed by atoms with van der Waals surface area (Å²) in [6, 6.07) is 18.7. The fraction of sp³-hybridized carbons (Fsp3) is 0.182. The van der Waals surface area contributed by atoms with Crippen molar-refractivity contribution in [2.75, 3.05) is 4.90 Å². The van der Waals surface area contributed by atoms with Gasteiger partial charge in [0, 0.05) is 16.3 Å². The average molecular weight is 404 g/mol. The average Bonchev–Trinajstić information content (AvgIpc) is 3.08. The number of hydrogen-bond acceptors (Lipinski definition) is 5. The summed E-state index contributed by atoms with van der Waals surface area (Å²) in [7, 11) is 0. The summed E-state index contributed by atoms with van der Waals surface area (Å²) in [5.74, 6) is -0.262. The van der Waals surface area contributed by atoms with Crippen molar-refractivity contribution in [3.8, 4) is 0 Å². The van der Waals surface area contributed by atoms with Gasteiger partial charge in [0.1, 0.15) is 6.54 Å². The van der Waals surface area contributed by atoms with E-state index in [1.165, 1.54) is 11.3 Å². The van der Waals surface area contributed by atoms with Crippen molar-refractivity contribution in [1.29, 1.82) is 0 Å². The maximum absolute atomic E-state index is 13.2. The zero-order chi connectivity index (χ0) is 20.4. The lowest BCUT2D eigenvalue weighted by molar-refractivity contribution is -0.118. The number of rotatable bonds is 5. The molecule has 7 heteroatoms. The highest BCUT2D eigenvalue weighted by atomic mass is 32.1. The van der Waals surface area contributed by atoms with Crippen molar-refractivity contribution < 1.29 is 4.79 Å². The molecule has 4 aromatic rings. The molecule has 0 atom stereocenters. The molecule has 29 heavy (non-hydrogen) atoms. The lowest BCUT2D eigenvalue weighted by atomic mass is 10.2. The van der Waals surface area contributed by atoms with E-state index in [-0.39, 0.29) is 18.0 Å². The zero-order valence-corrected chi connectivity index (χ0v) is 17.0. The number of carbonyl (C=O) groups is 1. The van der Waals surface area contributed by atoms with Crippen molar-refractivity contribution in [2.24, 2.45) is 0 Å². The number of nitrogens with zero attached hydrogens (tertiary/aromatic N) is 4. The van der Waals surface area contributed by atoms with Crippen molar-refractivity contribution in [3.63, 3.8) is 0 Å². The van der Waals surface area contributed by atoms with Gasteiger partial charge in [-0.3, -0.25) is 14.5 Å². The molecule has 0 saturated heterocycles. The van der Waals surface area contributed by atoms with Crippen LogP contribution >= 0.6 is 11.3 Å². The van der Waals surface area contributed by atoms with Crippen LogP contribution in [-0.4, -0.2) is 20.9 Å². The fourth-order valence-corrected chi connectivity index (χ4v) is 4.41. The normalized spacial score (nSPS) is 11.0. The molecule has 0 N–H and O–H groups in total. The standard InChI is InChI=1S/C22H20N4O2S/c1-3-18-15(2)20-21(29-18)23-24-25(22(20)28)14-19(27)26(16-10-6-4-7-11-16)17-12-8-5-9-13-17/h4-13H,3,14H2,1-2H3. The molecule has 0 saturated carbocycles. The van der Waals surface area contributed by atoms with Crippen LogP contribution < -0.4 is 10.5 Å². The van der Waals surface area contributed by atoms with Crippen molar-refractivity contribution in [3.05, 3.63) is 81.5 Å². The lowest BCUT2D eigenvalue weighted by Crippen LogP contribution is -2.35. The Hall–Kier alpha value is -3.32. The summed E-state index contributed by atoms with van der Waals surface area (Å²) in [5.41, 5.74) is 2.10. The summed E-state index contributed by atoms with van der Waals surface area (Å²) in [6.07, 6.45) is 0.834. The molecule has 2 aromatic carbocycles. The van der Waals surface area contributed by atoms with Gasteiger partial charge >= 0.3 is 0 Å². The highest BCUT2D eigenvalue weighted by molar-refractivity contribution is 7.18. The number of anilines is 2. The minimum Gasteiger partial charge on any atom is -0.279 e. The highest BCUT2D eigenvalue weighted by Crippen LogP contribution is 2.27. The molecule has 0 aliphatic rings. The van der Waals surface area contributed by atoms with Crippen LogP contribution in [0.1, 0.15) is 17.4 Å². The van der Waals surface area contributed by atoms with E-state index >= 15 is 0 Å². The van der Waals surface area contributed by atoms with Gasteiger partial charge in [-0.05, 0) is 43.2 Å². The summed E-state index contributed by atoms with van der Waals surface area (Å²) in [6.45, 7) is 3.78. The third-order valence-corrected chi connectivity index (χ3v) is 6.12. The van der Waals surface area contributed by atoms with E-state index < -0.39 is 0 Å². The van der Waals surface area contributed by atoms with Crippen LogP contribution in [-0.2, 0) is 17.8 Å². The van der Waals surface area contributed by atoms with Crippen LogP contribution in [0.4, 0.5) is 11.4 Å². The van der Waals surface area contributed by atoms with Gasteiger partial charge in [-0.1, -0.05) is 48.5 Å². The first-order valence-corrected chi connectivity index (χ1v) is 10.2. The molecule has 6 nitrogen and oxygen atoms in total. The monoisotopic (exact) mass is 404 g/mol. The van der Waals surface area contributed by atoms with E-state index in [1.54, 1.807) is 4.90 Å². The Morgan fingerprint density at radius 1 is 1.03 bits per heavy atom. The molecular formula is C22H20N4O2S. The number of thiophene rings is 1. The fourth-order valence-electron chi connectivity index (χ4n) is 3.36. The number of amides is 1. The molecule has 146 valence electrons. The number of aromatic nitrogens is 3. The molecule has 0 fully saturated rings. The molecule has 0 radical (unpaired) electrons. The van der Waals surface area contributed by atoms with E-state index in [0.29, 0.717) is 10.2 Å². The Bertz CT molecular complexity index is 1180. The van der Waals surface area contributed by atoms with Crippen LogP contribution in [0, 0.1) is 6.92 Å². The van der Waals surface area contributed by atoms with Crippen LogP contribution in [0.15, 0.2) is 65.5 Å². The summed E-state index contributed by atoms with van der Waals surface area (Å²) in [5, 5.41) is 8.77. The Morgan fingerprint density at radius 3 is 2.17 bits per heavy atom. The minimum atomic E-state index is -0.280. The van der Waals surface area contributed by atoms with Crippen molar-refractivity contribution in [1.82, 2.24) is 15.0 Å². The predicted octanol–water partition coefficient (Wildman–Crippen LogP) is 4.09. The molecule has 1 amide bonds. The van der Waals surface area contributed by atoms with Gasteiger partial charge in [-0.2, -0.15) is 0 Å². The first-order chi connectivity index (χ1) is 14.1. The first kappa shape index (κ1) is 19.0. The molecule has 0 aliphatic heterocycles. The van der Waals surface area contributed by atoms with Gasteiger partial charge in [-0.15, -0.1) is 16.4 Å². The number of fused-ring (bicyclic) bond motifs is 1. The molecule has 0 unspecified atom stereocenters. The van der Waals surface area contributed by atoms with Gasteiger partial charge in [-0.25, -0.2) is 4.68 Å². The van der Waals surface area contributed by atoms with Crippen LogP contribution in [0.3, 0.4) is 0 Å². The summed E-state index contributed by atoms with van der Waals surface area (Å²) < 4.78 is 1.16. The Balaban J connectivity index is 1.74. The molecule has 0 aliphatic carbocycles. The SMILES string of the molecule is CCc1sc2nnn(CC(=O)N(c3ccccc3)c3ccccc3)c(=O)c2c1C. The molecular weight excluding hydrogens is 384 g/mol. The van der Waals surface area contributed by atoms with Gasteiger partial charge in [0.15, 0.2) is 4.83 Å². The topological polar surface area (TPSA) is 68.1 Å². The highest BCUT2D eigenvalue weighted by Gasteiger charge is 2.21. The predicted molar refractivity (Wildman–Crippen MR) is 116 cm³/mol. The second-order valence-electron chi connectivity index (χ2n) is 6.64. The van der Waals surface area contributed by atoms with Crippen LogP contribution in [0.2, 0.25) is 0 Å². The Kier molecular flexibility index (Phi) is 5.22. The Morgan fingerprint density at radius 2 is 1.62 bits per heavy atom. The van der Waals surface area contributed by atoms with E-state index in [2.05, 4.69) is 10.3 Å². The Labute approximate surface area is 172 Å². The molecule has 4 rings (SSSR count). The van der Waals surface area contributed by atoms with E-state index in [1.807, 2.05) is 74.5 Å².